The van der Waals surface area contributed by atoms with Crippen LogP contribution >= 0.6 is 0 Å². The second kappa shape index (κ2) is 7.81. The minimum Gasteiger partial charge on any atom is -0.468 e. The van der Waals surface area contributed by atoms with Crippen LogP contribution in [0.2, 0.25) is 0 Å². The molecule has 1 N–H and O–H groups in total. The first-order valence-electron chi connectivity index (χ1n) is 7.69. The van der Waals surface area contributed by atoms with Gasteiger partial charge in [0.2, 0.25) is 0 Å². The number of likely N-dealkylation sites (tertiary alicyclic amines) is 1. The molecule has 0 aliphatic carbocycles. The Morgan fingerprint density at radius 3 is 2.80 bits per heavy atom. The molecule has 0 amide bonds. The molecule has 1 fully saturated rings. The van der Waals surface area contributed by atoms with Crippen molar-refractivity contribution in [2.45, 2.75) is 45.8 Å². The van der Waals surface area contributed by atoms with Gasteiger partial charge in [-0.2, -0.15) is 0 Å². The normalized spacial score (nSPS) is 18.0. The summed E-state index contributed by atoms with van der Waals surface area (Å²) < 4.78 is 10.9. The van der Waals surface area contributed by atoms with Crippen LogP contribution in [0.1, 0.15) is 38.0 Å². The van der Waals surface area contributed by atoms with E-state index in [9.17, 15) is 0 Å². The van der Waals surface area contributed by atoms with E-state index < -0.39 is 0 Å². The fourth-order valence-electron chi connectivity index (χ4n) is 2.73. The molecule has 1 saturated heterocycles. The Morgan fingerprint density at radius 1 is 1.40 bits per heavy atom. The van der Waals surface area contributed by atoms with E-state index in [1.807, 2.05) is 6.26 Å². The maximum Gasteiger partial charge on any atom is 0.122 e. The van der Waals surface area contributed by atoms with E-state index in [0.717, 1.165) is 44.5 Å². The van der Waals surface area contributed by atoms with E-state index >= 15 is 0 Å². The molecule has 0 spiro atoms. The van der Waals surface area contributed by atoms with E-state index in [2.05, 4.69) is 30.1 Å². The lowest BCUT2D eigenvalue weighted by molar-refractivity contribution is 0.0937. The van der Waals surface area contributed by atoms with Crippen molar-refractivity contribution in [2.75, 3.05) is 26.8 Å². The molecule has 20 heavy (non-hydrogen) atoms. The molecule has 1 aliphatic rings. The van der Waals surface area contributed by atoms with Crippen molar-refractivity contribution < 1.29 is 9.15 Å². The monoisotopic (exact) mass is 280 g/mol. The molecule has 4 heteroatoms. The lowest BCUT2D eigenvalue weighted by Crippen LogP contribution is -2.34. The second-order valence-electron chi connectivity index (χ2n) is 6.08. The molecule has 0 radical (unpaired) electrons. The standard InChI is InChI=1S/C16H28N2O2/c1-13(2)17-10-15-6-9-20-16(15)11-18-7-4-14(5-8-18)12-19-3/h6,9,13-14,17H,4-5,7-8,10-12H2,1-3H3. The summed E-state index contributed by atoms with van der Waals surface area (Å²) in [6.45, 7) is 9.35. The molecule has 2 rings (SSSR count). The average molecular weight is 280 g/mol. The number of piperidine rings is 1. The zero-order valence-corrected chi connectivity index (χ0v) is 13.0. The highest BCUT2D eigenvalue weighted by Gasteiger charge is 2.20. The minimum absolute atomic E-state index is 0.502. The van der Waals surface area contributed by atoms with Gasteiger partial charge in [-0.15, -0.1) is 0 Å². The van der Waals surface area contributed by atoms with Gasteiger partial charge in [0.15, 0.2) is 0 Å². The summed E-state index contributed by atoms with van der Waals surface area (Å²) in [5.74, 6) is 1.85. The molecule has 0 unspecified atom stereocenters. The van der Waals surface area contributed by atoms with Gasteiger partial charge in [-0.1, -0.05) is 13.8 Å². The predicted octanol–water partition coefficient (Wildman–Crippen LogP) is 2.64. The van der Waals surface area contributed by atoms with Crippen molar-refractivity contribution in [2.24, 2.45) is 5.92 Å². The summed E-state index contributed by atoms with van der Waals surface area (Å²) in [5, 5.41) is 3.45. The van der Waals surface area contributed by atoms with E-state index in [1.54, 1.807) is 7.11 Å². The highest BCUT2D eigenvalue weighted by molar-refractivity contribution is 5.17. The first-order chi connectivity index (χ1) is 9.69. The first kappa shape index (κ1) is 15.5. The van der Waals surface area contributed by atoms with Crippen LogP contribution < -0.4 is 5.32 Å². The first-order valence-corrected chi connectivity index (χ1v) is 7.69. The number of hydrogen-bond donors (Lipinski definition) is 1. The van der Waals surface area contributed by atoms with Crippen molar-refractivity contribution in [3.8, 4) is 0 Å². The third-order valence-electron chi connectivity index (χ3n) is 4.02. The maximum absolute atomic E-state index is 5.67. The van der Waals surface area contributed by atoms with E-state index in [4.69, 9.17) is 9.15 Å². The van der Waals surface area contributed by atoms with Gasteiger partial charge in [-0.3, -0.25) is 4.90 Å². The minimum atomic E-state index is 0.502. The van der Waals surface area contributed by atoms with Crippen LogP contribution in [0.5, 0.6) is 0 Å². The molecule has 0 saturated carbocycles. The summed E-state index contributed by atoms with van der Waals surface area (Å²) in [6.07, 6.45) is 4.27. The van der Waals surface area contributed by atoms with Crippen LogP contribution in [-0.2, 0) is 17.8 Å². The molecule has 0 aromatic carbocycles. The molecule has 4 nitrogen and oxygen atoms in total. The molecule has 0 bridgehead atoms. The number of hydrogen-bond acceptors (Lipinski definition) is 4. The topological polar surface area (TPSA) is 37.6 Å². The number of nitrogens with one attached hydrogen (secondary N) is 1. The molecular weight excluding hydrogens is 252 g/mol. The smallest absolute Gasteiger partial charge is 0.122 e. The van der Waals surface area contributed by atoms with Gasteiger partial charge in [0.1, 0.15) is 5.76 Å². The van der Waals surface area contributed by atoms with Crippen LogP contribution in [-0.4, -0.2) is 37.7 Å². The Morgan fingerprint density at radius 2 is 2.15 bits per heavy atom. The molecular formula is C16H28N2O2. The van der Waals surface area contributed by atoms with Crippen LogP contribution in [0.4, 0.5) is 0 Å². The SMILES string of the molecule is COCC1CCN(Cc2occc2CNC(C)C)CC1. The quantitative estimate of drug-likeness (QED) is 0.833. The summed E-state index contributed by atoms with van der Waals surface area (Å²) in [5.41, 5.74) is 1.29. The van der Waals surface area contributed by atoms with Crippen LogP contribution in [0, 0.1) is 5.92 Å². The van der Waals surface area contributed by atoms with E-state index in [1.165, 1.54) is 18.4 Å². The lowest BCUT2D eigenvalue weighted by atomic mass is 9.97. The Labute approximate surface area is 122 Å². The second-order valence-corrected chi connectivity index (χ2v) is 6.08. The van der Waals surface area contributed by atoms with Gasteiger partial charge in [0.25, 0.3) is 0 Å². The Kier molecular flexibility index (Phi) is 6.07. The van der Waals surface area contributed by atoms with Gasteiger partial charge in [-0.05, 0) is 37.9 Å². The molecule has 1 aromatic heterocycles. The Hall–Kier alpha value is -0.840. The highest BCUT2D eigenvalue weighted by atomic mass is 16.5. The average Bonchev–Trinajstić information content (AvgIpc) is 2.86. The van der Waals surface area contributed by atoms with Gasteiger partial charge in [0, 0.05) is 31.9 Å². The predicted molar refractivity (Wildman–Crippen MR) is 80.6 cm³/mol. The maximum atomic E-state index is 5.67. The third kappa shape index (κ3) is 4.62. The van der Waals surface area contributed by atoms with E-state index in [-0.39, 0.29) is 0 Å². The van der Waals surface area contributed by atoms with Crippen molar-refractivity contribution in [3.63, 3.8) is 0 Å². The van der Waals surface area contributed by atoms with Crippen molar-refractivity contribution in [1.29, 1.82) is 0 Å². The lowest BCUT2D eigenvalue weighted by Gasteiger charge is -2.31. The summed E-state index contributed by atoms with van der Waals surface area (Å²) in [4.78, 5) is 2.49. The summed E-state index contributed by atoms with van der Waals surface area (Å²) >= 11 is 0. The zero-order valence-electron chi connectivity index (χ0n) is 13.0. The summed E-state index contributed by atoms with van der Waals surface area (Å²) in [7, 11) is 1.79. The fraction of sp³-hybridized carbons (Fsp3) is 0.750. The highest BCUT2D eigenvalue weighted by Crippen LogP contribution is 2.21. The Bertz CT molecular complexity index is 382. The van der Waals surface area contributed by atoms with Gasteiger partial charge in [-0.25, -0.2) is 0 Å². The van der Waals surface area contributed by atoms with Gasteiger partial charge in [0.05, 0.1) is 12.8 Å². The molecule has 0 atom stereocenters. The molecule has 1 aromatic rings. The van der Waals surface area contributed by atoms with Crippen LogP contribution in [0.3, 0.4) is 0 Å². The van der Waals surface area contributed by atoms with E-state index in [0.29, 0.717) is 6.04 Å². The number of ether oxygens (including phenoxy) is 1. The van der Waals surface area contributed by atoms with Crippen molar-refractivity contribution in [1.82, 2.24) is 10.2 Å². The van der Waals surface area contributed by atoms with Crippen LogP contribution in [0.15, 0.2) is 16.7 Å². The zero-order chi connectivity index (χ0) is 14.4. The van der Waals surface area contributed by atoms with Crippen LogP contribution in [0.25, 0.3) is 0 Å². The van der Waals surface area contributed by atoms with Crippen molar-refractivity contribution in [3.05, 3.63) is 23.7 Å². The van der Waals surface area contributed by atoms with Gasteiger partial charge < -0.3 is 14.5 Å². The molecule has 2 heterocycles. The number of rotatable bonds is 7. The number of methoxy groups -OCH3 is 1. The number of nitrogens with zero attached hydrogens (tertiary/aromatic N) is 1. The molecule has 114 valence electrons. The summed E-state index contributed by atoms with van der Waals surface area (Å²) in [6, 6.07) is 2.59. The third-order valence-corrected chi connectivity index (χ3v) is 4.02. The largest absolute Gasteiger partial charge is 0.468 e. The number of furan rings is 1. The van der Waals surface area contributed by atoms with Crippen molar-refractivity contribution >= 4 is 0 Å². The fourth-order valence-corrected chi connectivity index (χ4v) is 2.73. The Balaban J connectivity index is 1.81. The molecule has 1 aliphatic heterocycles. The van der Waals surface area contributed by atoms with Gasteiger partial charge >= 0.3 is 0 Å².